The van der Waals surface area contributed by atoms with Crippen molar-refractivity contribution in [3.63, 3.8) is 0 Å². The van der Waals surface area contributed by atoms with E-state index in [1.807, 2.05) is 0 Å². The maximum Gasteiger partial charge on any atom is 0.0396 e. The number of anilines is 1. The quantitative estimate of drug-likeness (QED) is 0.875. The molecule has 0 bridgehead atoms. The molecule has 0 amide bonds. The van der Waals surface area contributed by atoms with Crippen LogP contribution in [0.1, 0.15) is 44.7 Å². The lowest BCUT2D eigenvalue weighted by Gasteiger charge is -2.23. The van der Waals surface area contributed by atoms with Crippen molar-refractivity contribution in [3.8, 4) is 0 Å². The van der Waals surface area contributed by atoms with E-state index < -0.39 is 0 Å². The summed E-state index contributed by atoms with van der Waals surface area (Å²) in [6.45, 7) is 9.77. The highest BCUT2D eigenvalue weighted by atomic mass is 15.2. The predicted molar refractivity (Wildman–Crippen MR) is 79.2 cm³/mol. The minimum Gasteiger partial charge on any atom is -0.371 e. The fraction of sp³-hybridized carbons (Fsp3) is 0.625. The summed E-state index contributed by atoms with van der Waals surface area (Å²) in [6.07, 6.45) is 2.70. The van der Waals surface area contributed by atoms with Crippen molar-refractivity contribution in [2.45, 2.75) is 58.7 Å². The molecule has 1 aromatic carbocycles. The summed E-state index contributed by atoms with van der Waals surface area (Å²) in [6, 6.07) is 7.61. The number of hydrogen-bond acceptors (Lipinski definition) is 2. The van der Waals surface area contributed by atoms with E-state index in [-0.39, 0.29) is 5.54 Å². The molecular weight excluding hydrogens is 220 g/mol. The Hall–Kier alpha value is -1.02. The average Bonchev–Trinajstić information content (AvgIpc) is 3.08. The van der Waals surface area contributed by atoms with E-state index in [0.717, 1.165) is 12.6 Å². The van der Waals surface area contributed by atoms with Gasteiger partial charge < -0.3 is 10.2 Å². The lowest BCUT2D eigenvalue weighted by atomic mass is 10.1. The van der Waals surface area contributed by atoms with E-state index in [2.05, 4.69) is 63.2 Å². The van der Waals surface area contributed by atoms with E-state index in [4.69, 9.17) is 0 Å². The molecule has 0 aromatic heterocycles. The van der Waals surface area contributed by atoms with Crippen LogP contribution in [0.5, 0.6) is 0 Å². The third kappa shape index (κ3) is 3.49. The van der Waals surface area contributed by atoms with Crippen LogP contribution in [0.4, 0.5) is 5.69 Å². The smallest absolute Gasteiger partial charge is 0.0396 e. The zero-order valence-electron chi connectivity index (χ0n) is 12.4. The van der Waals surface area contributed by atoms with E-state index in [0.29, 0.717) is 0 Å². The summed E-state index contributed by atoms with van der Waals surface area (Å²) in [5.41, 5.74) is 4.32. The molecule has 100 valence electrons. The molecule has 1 fully saturated rings. The molecule has 1 saturated carbocycles. The highest BCUT2D eigenvalue weighted by Crippen LogP contribution is 2.32. The van der Waals surface area contributed by atoms with Gasteiger partial charge in [0.05, 0.1) is 0 Å². The first-order valence-electron chi connectivity index (χ1n) is 6.94. The van der Waals surface area contributed by atoms with Crippen LogP contribution in [0.15, 0.2) is 18.2 Å². The van der Waals surface area contributed by atoms with Gasteiger partial charge in [0.15, 0.2) is 0 Å². The Morgan fingerprint density at radius 3 is 2.44 bits per heavy atom. The Labute approximate surface area is 111 Å². The Kier molecular flexibility index (Phi) is 3.67. The second-order valence-electron chi connectivity index (χ2n) is 6.57. The number of hydrogen-bond donors (Lipinski definition) is 1. The zero-order chi connectivity index (χ0) is 13.3. The first-order valence-corrected chi connectivity index (χ1v) is 6.94. The van der Waals surface area contributed by atoms with Crippen molar-refractivity contribution in [2.75, 3.05) is 11.9 Å². The highest BCUT2D eigenvalue weighted by Gasteiger charge is 2.27. The number of aryl methyl sites for hydroxylation is 1. The summed E-state index contributed by atoms with van der Waals surface area (Å²) >= 11 is 0. The second-order valence-corrected chi connectivity index (χ2v) is 6.57. The van der Waals surface area contributed by atoms with Gasteiger partial charge in [-0.3, -0.25) is 0 Å². The third-order valence-corrected chi connectivity index (χ3v) is 3.56. The molecular formula is C16H26N2. The van der Waals surface area contributed by atoms with Crippen LogP contribution in [0.3, 0.4) is 0 Å². The maximum absolute atomic E-state index is 3.54. The number of nitrogens with zero attached hydrogens (tertiary/aromatic N) is 1. The van der Waals surface area contributed by atoms with Gasteiger partial charge in [-0.2, -0.15) is 0 Å². The SMILES string of the molecule is Cc1cc(CNC(C)(C)C)ccc1N(C)C1CC1. The lowest BCUT2D eigenvalue weighted by Crippen LogP contribution is -2.35. The first-order chi connectivity index (χ1) is 8.37. The van der Waals surface area contributed by atoms with Crippen LogP contribution in [0.2, 0.25) is 0 Å². The maximum atomic E-state index is 3.54. The Morgan fingerprint density at radius 1 is 1.28 bits per heavy atom. The summed E-state index contributed by atoms with van der Waals surface area (Å²) < 4.78 is 0. The molecule has 2 rings (SSSR count). The lowest BCUT2D eigenvalue weighted by molar-refractivity contribution is 0.424. The van der Waals surface area contributed by atoms with Crippen molar-refractivity contribution in [1.82, 2.24) is 5.32 Å². The largest absolute Gasteiger partial charge is 0.371 e. The molecule has 0 saturated heterocycles. The van der Waals surface area contributed by atoms with Crippen molar-refractivity contribution in [2.24, 2.45) is 0 Å². The number of benzene rings is 1. The topological polar surface area (TPSA) is 15.3 Å². The minimum absolute atomic E-state index is 0.178. The first kappa shape index (κ1) is 13.4. The molecule has 0 spiro atoms. The molecule has 1 N–H and O–H groups in total. The molecule has 18 heavy (non-hydrogen) atoms. The van der Waals surface area contributed by atoms with Gasteiger partial charge >= 0.3 is 0 Å². The van der Waals surface area contributed by atoms with Crippen molar-refractivity contribution in [3.05, 3.63) is 29.3 Å². The molecule has 0 unspecified atom stereocenters. The molecule has 1 aromatic rings. The predicted octanol–water partition coefficient (Wildman–Crippen LogP) is 3.48. The Morgan fingerprint density at radius 2 is 1.94 bits per heavy atom. The number of nitrogens with one attached hydrogen (secondary N) is 1. The van der Waals surface area contributed by atoms with Gasteiger partial charge in [-0.25, -0.2) is 0 Å². The fourth-order valence-corrected chi connectivity index (χ4v) is 2.25. The summed E-state index contributed by atoms with van der Waals surface area (Å²) in [7, 11) is 2.22. The van der Waals surface area contributed by atoms with Crippen LogP contribution in [0.25, 0.3) is 0 Å². The fourth-order valence-electron chi connectivity index (χ4n) is 2.25. The second kappa shape index (κ2) is 4.93. The molecule has 0 heterocycles. The molecule has 2 heteroatoms. The summed E-state index contributed by atoms with van der Waals surface area (Å²) in [4.78, 5) is 2.43. The normalized spacial score (nSPS) is 15.8. The molecule has 0 radical (unpaired) electrons. The van der Waals surface area contributed by atoms with Gasteiger partial charge in [-0.1, -0.05) is 12.1 Å². The van der Waals surface area contributed by atoms with Crippen LogP contribution in [-0.4, -0.2) is 18.6 Å². The van der Waals surface area contributed by atoms with Crippen LogP contribution < -0.4 is 10.2 Å². The van der Waals surface area contributed by atoms with E-state index in [1.165, 1.54) is 29.7 Å². The van der Waals surface area contributed by atoms with Crippen molar-refractivity contribution < 1.29 is 0 Å². The van der Waals surface area contributed by atoms with Gasteiger partial charge in [0.1, 0.15) is 0 Å². The number of rotatable bonds is 4. The van der Waals surface area contributed by atoms with Gasteiger partial charge in [-0.05, 0) is 57.7 Å². The monoisotopic (exact) mass is 246 g/mol. The Balaban J connectivity index is 2.04. The average molecular weight is 246 g/mol. The third-order valence-electron chi connectivity index (χ3n) is 3.56. The molecule has 1 aliphatic carbocycles. The highest BCUT2D eigenvalue weighted by molar-refractivity contribution is 5.55. The van der Waals surface area contributed by atoms with Crippen molar-refractivity contribution >= 4 is 5.69 Å². The summed E-state index contributed by atoms with van der Waals surface area (Å²) in [5.74, 6) is 0. The van der Waals surface area contributed by atoms with Gasteiger partial charge in [0.2, 0.25) is 0 Å². The van der Waals surface area contributed by atoms with Crippen molar-refractivity contribution in [1.29, 1.82) is 0 Å². The molecule has 2 nitrogen and oxygen atoms in total. The molecule has 1 aliphatic rings. The molecule has 0 atom stereocenters. The standard InChI is InChI=1S/C16H26N2/c1-12-10-13(11-17-16(2,3)4)6-9-15(12)18(5)14-7-8-14/h6,9-10,14,17H,7-8,11H2,1-5H3. The van der Waals surface area contributed by atoms with Crippen LogP contribution >= 0.6 is 0 Å². The summed E-state index contributed by atoms with van der Waals surface area (Å²) in [5, 5.41) is 3.54. The van der Waals surface area contributed by atoms with Gasteiger partial charge in [0.25, 0.3) is 0 Å². The minimum atomic E-state index is 0.178. The van der Waals surface area contributed by atoms with Gasteiger partial charge in [0, 0.05) is 30.9 Å². The Bertz CT molecular complexity index is 414. The van der Waals surface area contributed by atoms with Crippen LogP contribution in [-0.2, 0) is 6.54 Å². The van der Waals surface area contributed by atoms with Crippen LogP contribution in [0, 0.1) is 6.92 Å². The van der Waals surface area contributed by atoms with Gasteiger partial charge in [-0.15, -0.1) is 0 Å². The van der Waals surface area contributed by atoms with E-state index in [1.54, 1.807) is 0 Å². The molecule has 0 aliphatic heterocycles. The zero-order valence-corrected chi connectivity index (χ0v) is 12.4. The van der Waals surface area contributed by atoms with E-state index in [9.17, 15) is 0 Å². The van der Waals surface area contributed by atoms with E-state index >= 15 is 0 Å².